The van der Waals surface area contributed by atoms with E-state index in [0.29, 0.717) is 68.6 Å². The summed E-state index contributed by atoms with van der Waals surface area (Å²) in [5, 5.41) is 11.4. The van der Waals surface area contributed by atoms with Crippen LogP contribution in [0.5, 0.6) is 11.5 Å². The van der Waals surface area contributed by atoms with Crippen LogP contribution in [0.3, 0.4) is 0 Å². The second-order valence-corrected chi connectivity index (χ2v) is 11.5. The molecule has 1 aliphatic heterocycles. The van der Waals surface area contributed by atoms with E-state index in [-0.39, 0.29) is 41.7 Å². The zero-order valence-corrected chi connectivity index (χ0v) is 27.4. The number of amidine groups is 1. The molecule has 0 atom stereocenters. The molecule has 0 saturated heterocycles. The molecule has 44 heavy (non-hydrogen) atoms. The van der Waals surface area contributed by atoms with Crippen molar-refractivity contribution in [1.29, 1.82) is 5.41 Å². The molecule has 1 aromatic carbocycles. The summed E-state index contributed by atoms with van der Waals surface area (Å²) in [5.41, 5.74) is 3.09. The lowest BCUT2D eigenvalue weighted by Crippen LogP contribution is -2.31. The van der Waals surface area contributed by atoms with Gasteiger partial charge in [0.15, 0.2) is 17.2 Å². The molecular weight excluding hydrogens is 562 g/mol. The number of nitrogens with one attached hydrogen (secondary N) is 2. The van der Waals surface area contributed by atoms with Crippen molar-refractivity contribution < 1.29 is 28.6 Å². The zero-order chi connectivity index (χ0) is 32.6. The van der Waals surface area contributed by atoms with E-state index < -0.39 is 5.91 Å². The van der Waals surface area contributed by atoms with Crippen LogP contribution in [0, 0.1) is 5.41 Å². The topological polar surface area (TPSA) is 134 Å². The van der Waals surface area contributed by atoms with Crippen molar-refractivity contribution in [3.8, 4) is 11.5 Å². The van der Waals surface area contributed by atoms with Gasteiger partial charge in [0.05, 0.1) is 32.1 Å². The number of fused-ring (bicyclic) bond motifs is 1. The summed E-state index contributed by atoms with van der Waals surface area (Å²) >= 11 is 0. The Morgan fingerprint density at radius 1 is 1.05 bits per heavy atom. The minimum Gasteiger partial charge on any atom is -0.491 e. The van der Waals surface area contributed by atoms with Gasteiger partial charge in [-0.25, -0.2) is 4.98 Å². The molecule has 3 rings (SSSR count). The molecule has 0 fully saturated rings. The number of anilines is 1. The number of Topliss-reactive ketones (excluding diaryl/α,β-unsaturated/α-hetero) is 1. The number of ether oxygens (including phenoxy) is 3. The van der Waals surface area contributed by atoms with Crippen molar-refractivity contribution >= 4 is 29.2 Å². The zero-order valence-electron chi connectivity index (χ0n) is 27.4. The maximum atomic E-state index is 13.9. The number of benzene rings is 1. The Bertz CT molecular complexity index is 1380. The number of esters is 1. The van der Waals surface area contributed by atoms with Gasteiger partial charge < -0.3 is 29.3 Å². The number of carbonyl (C=O) groups excluding carboxylic acids is 3. The van der Waals surface area contributed by atoms with Crippen LogP contribution in [0.2, 0.25) is 0 Å². The fourth-order valence-electron chi connectivity index (χ4n) is 5.15. The predicted octanol–water partition coefficient (Wildman–Crippen LogP) is 4.73. The Morgan fingerprint density at radius 3 is 2.34 bits per heavy atom. The van der Waals surface area contributed by atoms with Crippen LogP contribution in [0.15, 0.2) is 18.2 Å². The van der Waals surface area contributed by atoms with Gasteiger partial charge >= 0.3 is 5.97 Å². The summed E-state index contributed by atoms with van der Waals surface area (Å²) in [6, 6.07) is 5.49. The number of hydrogen-bond acceptors (Lipinski definition) is 9. The van der Waals surface area contributed by atoms with Crippen LogP contribution in [-0.2, 0) is 21.5 Å². The van der Waals surface area contributed by atoms with Gasteiger partial charge in [0.25, 0.3) is 5.91 Å². The lowest BCUT2D eigenvalue weighted by atomic mass is 9.84. The summed E-state index contributed by atoms with van der Waals surface area (Å²) in [7, 11) is 1.52. The molecule has 0 unspecified atom stereocenters. The Balaban J connectivity index is 1.93. The highest BCUT2D eigenvalue weighted by atomic mass is 16.5. The average Bonchev–Trinajstić information content (AvgIpc) is 3.28. The first kappa shape index (κ1) is 34.3. The van der Waals surface area contributed by atoms with E-state index in [4.69, 9.17) is 19.6 Å². The molecule has 0 saturated carbocycles. The van der Waals surface area contributed by atoms with Gasteiger partial charge in [-0.05, 0) is 57.7 Å². The summed E-state index contributed by atoms with van der Waals surface area (Å²) in [4.78, 5) is 46.4. The van der Waals surface area contributed by atoms with Crippen LogP contribution < -0.4 is 19.7 Å². The molecule has 0 aliphatic carbocycles. The number of ketones is 1. The van der Waals surface area contributed by atoms with Gasteiger partial charge in [0, 0.05) is 49.8 Å². The van der Waals surface area contributed by atoms with Crippen LogP contribution in [0.1, 0.15) is 99.0 Å². The SMILES string of the molecule is CCOC(=O)CCCOc1c(N(CC)CC)cc(C(=O)CN2Cc3cc(OCC)c(C(=O)NC)nc3C2=N)cc1C(C)(C)C. The number of carbonyl (C=O) groups is 3. The molecule has 0 spiro atoms. The van der Waals surface area contributed by atoms with Crippen molar-refractivity contribution in [2.75, 3.05) is 51.4 Å². The van der Waals surface area contributed by atoms with Crippen molar-refractivity contribution in [3.05, 3.63) is 46.3 Å². The van der Waals surface area contributed by atoms with Gasteiger partial charge in [-0.15, -0.1) is 0 Å². The molecule has 0 bridgehead atoms. The predicted molar refractivity (Wildman–Crippen MR) is 170 cm³/mol. The van der Waals surface area contributed by atoms with Gasteiger partial charge in [0.1, 0.15) is 17.3 Å². The maximum Gasteiger partial charge on any atom is 0.305 e. The van der Waals surface area contributed by atoms with Crippen LogP contribution >= 0.6 is 0 Å². The molecule has 11 nitrogen and oxygen atoms in total. The van der Waals surface area contributed by atoms with Crippen molar-refractivity contribution in [3.63, 3.8) is 0 Å². The number of rotatable bonds is 15. The number of aromatic nitrogens is 1. The molecule has 1 aliphatic rings. The molecule has 0 radical (unpaired) electrons. The lowest BCUT2D eigenvalue weighted by Gasteiger charge is -2.31. The van der Waals surface area contributed by atoms with Gasteiger partial charge in [-0.3, -0.25) is 19.8 Å². The third-order valence-electron chi connectivity index (χ3n) is 7.43. The first-order chi connectivity index (χ1) is 20.9. The van der Waals surface area contributed by atoms with E-state index in [9.17, 15) is 14.4 Å². The highest BCUT2D eigenvalue weighted by Crippen LogP contribution is 2.41. The summed E-state index contributed by atoms with van der Waals surface area (Å²) in [6.45, 7) is 16.7. The van der Waals surface area contributed by atoms with E-state index >= 15 is 0 Å². The number of pyridine rings is 1. The second-order valence-electron chi connectivity index (χ2n) is 11.5. The normalized spacial score (nSPS) is 12.5. The van der Waals surface area contributed by atoms with Crippen LogP contribution in [0.25, 0.3) is 0 Å². The first-order valence-electron chi connectivity index (χ1n) is 15.4. The Kier molecular flexibility index (Phi) is 11.7. The van der Waals surface area contributed by atoms with Crippen molar-refractivity contribution in [2.45, 2.75) is 73.3 Å². The van der Waals surface area contributed by atoms with E-state index in [0.717, 1.165) is 16.8 Å². The smallest absolute Gasteiger partial charge is 0.305 e. The third kappa shape index (κ3) is 7.86. The lowest BCUT2D eigenvalue weighted by molar-refractivity contribution is -0.143. The molecule has 1 amide bonds. The minimum atomic E-state index is -0.402. The molecule has 11 heteroatoms. The fourth-order valence-corrected chi connectivity index (χ4v) is 5.15. The van der Waals surface area contributed by atoms with E-state index in [1.165, 1.54) is 7.05 Å². The summed E-state index contributed by atoms with van der Waals surface area (Å²) < 4.78 is 17.1. The third-order valence-corrected chi connectivity index (χ3v) is 7.43. The number of amides is 1. The minimum absolute atomic E-state index is 0.0323. The quantitative estimate of drug-likeness (QED) is 0.167. The highest BCUT2D eigenvalue weighted by molar-refractivity contribution is 6.06. The molecule has 2 N–H and O–H groups in total. The standard InChI is InChI=1S/C33H47N5O6/c1-9-37(10-2)24-17-21(16-23(33(5,6)7)30(24)44-15-13-14-27(40)43-12-4)25(39)20-38-19-22-18-26(42-11-3)29(32(41)35-8)36-28(22)31(38)34/h16-18,34H,9-15,19-20H2,1-8H3,(H,35,41). The molecular formula is C33H47N5O6. The Morgan fingerprint density at radius 2 is 1.75 bits per heavy atom. The van der Waals surface area contributed by atoms with Crippen LogP contribution in [-0.4, -0.2) is 79.9 Å². The van der Waals surface area contributed by atoms with E-state index in [2.05, 4.69) is 49.8 Å². The Hall–Kier alpha value is -4.15. The molecule has 240 valence electrons. The number of hydrogen-bond donors (Lipinski definition) is 2. The first-order valence-corrected chi connectivity index (χ1v) is 15.4. The number of nitrogens with zero attached hydrogens (tertiary/aromatic N) is 3. The second kappa shape index (κ2) is 15.0. The van der Waals surface area contributed by atoms with Gasteiger partial charge in [-0.2, -0.15) is 0 Å². The maximum absolute atomic E-state index is 13.9. The monoisotopic (exact) mass is 609 g/mol. The molecule has 2 heterocycles. The van der Waals surface area contributed by atoms with Crippen molar-refractivity contribution in [1.82, 2.24) is 15.2 Å². The summed E-state index contributed by atoms with van der Waals surface area (Å²) in [6.07, 6.45) is 0.782. The van der Waals surface area contributed by atoms with Gasteiger partial charge in [-0.1, -0.05) is 20.8 Å². The molecule has 2 aromatic rings. The molecule has 1 aromatic heterocycles. The van der Waals surface area contributed by atoms with Crippen LogP contribution in [0.4, 0.5) is 5.69 Å². The largest absolute Gasteiger partial charge is 0.491 e. The van der Waals surface area contributed by atoms with Gasteiger partial charge in [0.2, 0.25) is 0 Å². The highest BCUT2D eigenvalue weighted by Gasteiger charge is 2.32. The van der Waals surface area contributed by atoms with Crippen molar-refractivity contribution in [2.24, 2.45) is 0 Å². The van der Waals surface area contributed by atoms with E-state index in [1.54, 1.807) is 17.9 Å². The summed E-state index contributed by atoms with van der Waals surface area (Å²) in [5.74, 6) is 0.344. The fraction of sp³-hybridized carbons (Fsp3) is 0.545. The average molecular weight is 610 g/mol. The van der Waals surface area contributed by atoms with E-state index in [1.807, 2.05) is 19.1 Å². The Labute approximate surface area is 260 Å².